The van der Waals surface area contributed by atoms with Crippen molar-refractivity contribution < 1.29 is 18.4 Å². The van der Waals surface area contributed by atoms with E-state index in [1.807, 2.05) is 13.8 Å². The number of sulfonamides is 1. The average Bonchev–Trinajstić information content (AvgIpc) is 2.29. The second-order valence-electron chi connectivity index (χ2n) is 4.11. The first-order valence-corrected chi connectivity index (χ1v) is 7.38. The molecule has 1 fully saturated rings. The van der Waals surface area contributed by atoms with Gasteiger partial charge in [0.2, 0.25) is 10.0 Å². The van der Waals surface area contributed by atoms with E-state index in [1.54, 1.807) is 0 Å². The zero-order chi connectivity index (χ0) is 12.9. The Hall–Kier alpha value is -0.660. The second kappa shape index (κ2) is 6.32. The van der Waals surface area contributed by atoms with Crippen molar-refractivity contribution in [2.24, 2.45) is 11.1 Å². The summed E-state index contributed by atoms with van der Waals surface area (Å²) in [6, 6.07) is 0. The van der Waals surface area contributed by atoms with E-state index in [1.165, 1.54) is 4.31 Å². The van der Waals surface area contributed by atoms with Gasteiger partial charge in [0, 0.05) is 32.0 Å². The summed E-state index contributed by atoms with van der Waals surface area (Å²) in [4.78, 5) is 0. The van der Waals surface area contributed by atoms with Gasteiger partial charge in [0.15, 0.2) is 0 Å². The predicted molar refractivity (Wildman–Crippen MR) is 64.9 cm³/mol. The van der Waals surface area contributed by atoms with E-state index >= 15 is 0 Å². The van der Waals surface area contributed by atoms with Gasteiger partial charge in [0.1, 0.15) is 0 Å². The maximum atomic E-state index is 11.9. The van der Waals surface area contributed by atoms with Crippen LogP contribution in [-0.2, 0) is 14.8 Å². The summed E-state index contributed by atoms with van der Waals surface area (Å²) in [5, 5.41) is 11.9. The molecule has 17 heavy (non-hydrogen) atoms. The van der Waals surface area contributed by atoms with Gasteiger partial charge < -0.3 is 9.94 Å². The highest BCUT2D eigenvalue weighted by molar-refractivity contribution is 7.89. The van der Waals surface area contributed by atoms with Crippen LogP contribution < -0.4 is 0 Å². The molecular weight excluding hydrogens is 244 g/mol. The molecule has 100 valence electrons. The summed E-state index contributed by atoms with van der Waals surface area (Å²) in [6.45, 7) is 5.21. The smallest absolute Gasteiger partial charge is 0.216 e. The Bertz CT molecular complexity index is 367. The topological polar surface area (TPSA) is 79.2 Å². The molecule has 1 unspecified atom stereocenters. The van der Waals surface area contributed by atoms with Crippen LogP contribution in [0.5, 0.6) is 0 Å². The lowest BCUT2D eigenvalue weighted by Gasteiger charge is -2.30. The third-order valence-electron chi connectivity index (χ3n) is 2.88. The zero-order valence-corrected chi connectivity index (χ0v) is 11.1. The van der Waals surface area contributed by atoms with Crippen LogP contribution in [0.2, 0.25) is 0 Å². The SMILES string of the molecule is CCOCCS(=O)(=O)N1CCC(=NO)C(C)C1. The Labute approximate surface area is 102 Å². The normalized spacial score (nSPS) is 25.3. The molecule has 6 nitrogen and oxygen atoms in total. The molecule has 0 aliphatic carbocycles. The Morgan fingerprint density at radius 1 is 1.59 bits per heavy atom. The minimum Gasteiger partial charge on any atom is -0.411 e. The Kier molecular flexibility index (Phi) is 5.35. The van der Waals surface area contributed by atoms with Gasteiger partial charge in [0.25, 0.3) is 0 Å². The summed E-state index contributed by atoms with van der Waals surface area (Å²) in [5.74, 6) is -0.0188. The van der Waals surface area contributed by atoms with E-state index in [9.17, 15) is 8.42 Å². The van der Waals surface area contributed by atoms with Crippen LogP contribution in [0.4, 0.5) is 0 Å². The molecule has 0 bridgehead atoms. The highest BCUT2D eigenvalue weighted by Gasteiger charge is 2.30. The van der Waals surface area contributed by atoms with Crippen molar-refractivity contribution >= 4 is 15.7 Å². The molecule has 0 aromatic heterocycles. The third-order valence-corrected chi connectivity index (χ3v) is 4.68. The minimum absolute atomic E-state index is 0.0131. The quantitative estimate of drug-likeness (QED) is 0.446. The van der Waals surface area contributed by atoms with E-state index in [-0.39, 0.29) is 18.3 Å². The monoisotopic (exact) mass is 264 g/mol. The third kappa shape index (κ3) is 3.93. The fourth-order valence-corrected chi connectivity index (χ4v) is 3.23. The molecule has 1 saturated heterocycles. The second-order valence-corrected chi connectivity index (χ2v) is 6.20. The first-order valence-electron chi connectivity index (χ1n) is 5.77. The molecule has 0 spiro atoms. The molecule has 1 rings (SSSR count). The molecule has 1 N–H and O–H groups in total. The van der Waals surface area contributed by atoms with Crippen molar-refractivity contribution in [3.63, 3.8) is 0 Å². The number of piperidine rings is 1. The first kappa shape index (κ1) is 14.4. The Morgan fingerprint density at radius 3 is 2.82 bits per heavy atom. The summed E-state index contributed by atoms with van der Waals surface area (Å²) in [6.07, 6.45) is 0.492. The van der Waals surface area contributed by atoms with Gasteiger partial charge in [-0.25, -0.2) is 12.7 Å². The highest BCUT2D eigenvalue weighted by Crippen LogP contribution is 2.17. The molecular formula is C10H20N2O4S. The summed E-state index contributed by atoms with van der Waals surface area (Å²) >= 11 is 0. The van der Waals surface area contributed by atoms with Crippen LogP contribution in [0.15, 0.2) is 5.16 Å². The number of ether oxygens (including phenoxy) is 1. The largest absolute Gasteiger partial charge is 0.411 e. The van der Waals surface area contributed by atoms with Crippen molar-refractivity contribution in [1.29, 1.82) is 0 Å². The van der Waals surface area contributed by atoms with Gasteiger partial charge >= 0.3 is 0 Å². The molecule has 0 radical (unpaired) electrons. The van der Waals surface area contributed by atoms with E-state index in [0.717, 1.165) is 0 Å². The van der Waals surface area contributed by atoms with E-state index < -0.39 is 10.0 Å². The van der Waals surface area contributed by atoms with E-state index in [4.69, 9.17) is 9.94 Å². The number of hydrogen-bond acceptors (Lipinski definition) is 5. The molecule has 1 atom stereocenters. The van der Waals surface area contributed by atoms with Crippen LogP contribution in [-0.4, -0.2) is 55.7 Å². The van der Waals surface area contributed by atoms with Gasteiger partial charge in [-0.05, 0) is 6.92 Å². The van der Waals surface area contributed by atoms with Gasteiger partial charge in [-0.3, -0.25) is 0 Å². The molecule has 0 saturated carbocycles. The summed E-state index contributed by atoms with van der Waals surface area (Å²) in [7, 11) is -3.25. The molecule has 0 amide bonds. The lowest BCUT2D eigenvalue weighted by molar-refractivity contribution is 0.162. The summed E-state index contributed by atoms with van der Waals surface area (Å²) in [5.41, 5.74) is 0.668. The Morgan fingerprint density at radius 2 is 2.29 bits per heavy atom. The van der Waals surface area contributed by atoms with Gasteiger partial charge in [-0.1, -0.05) is 12.1 Å². The standard InChI is InChI=1S/C10H20N2O4S/c1-3-16-6-7-17(14,15)12-5-4-10(11-13)9(2)8-12/h9,13H,3-8H2,1-2H3. The maximum absolute atomic E-state index is 11.9. The molecule has 1 aliphatic heterocycles. The van der Waals surface area contributed by atoms with E-state index in [0.29, 0.717) is 31.8 Å². The number of oxime groups is 1. The van der Waals surface area contributed by atoms with Crippen molar-refractivity contribution in [3.05, 3.63) is 0 Å². The molecule has 1 aliphatic rings. The highest BCUT2D eigenvalue weighted by atomic mass is 32.2. The molecule has 1 heterocycles. The summed E-state index contributed by atoms with van der Waals surface area (Å²) < 4.78 is 30.4. The fourth-order valence-electron chi connectivity index (χ4n) is 1.83. The number of hydrogen-bond donors (Lipinski definition) is 1. The van der Waals surface area contributed by atoms with E-state index in [2.05, 4.69) is 5.16 Å². The van der Waals surface area contributed by atoms with Crippen molar-refractivity contribution in [2.45, 2.75) is 20.3 Å². The average molecular weight is 264 g/mol. The van der Waals surface area contributed by atoms with Crippen LogP contribution >= 0.6 is 0 Å². The minimum atomic E-state index is -3.25. The number of rotatable bonds is 5. The molecule has 0 aromatic rings. The fraction of sp³-hybridized carbons (Fsp3) is 0.900. The molecule has 0 aromatic carbocycles. The van der Waals surface area contributed by atoms with Crippen LogP contribution in [0.1, 0.15) is 20.3 Å². The zero-order valence-electron chi connectivity index (χ0n) is 10.3. The Balaban J connectivity index is 2.56. The van der Waals surface area contributed by atoms with Gasteiger partial charge in [-0.2, -0.15) is 0 Å². The van der Waals surface area contributed by atoms with Crippen LogP contribution in [0.3, 0.4) is 0 Å². The van der Waals surface area contributed by atoms with Gasteiger partial charge in [-0.15, -0.1) is 0 Å². The first-order chi connectivity index (χ1) is 8.01. The predicted octanol–water partition coefficient (Wildman–Crippen LogP) is 0.525. The van der Waals surface area contributed by atoms with Gasteiger partial charge in [0.05, 0.1) is 18.1 Å². The van der Waals surface area contributed by atoms with Crippen LogP contribution in [0, 0.1) is 5.92 Å². The number of nitrogens with zero attached hydrogens (tertiary/aromatic N) is 2. The van der Waals surface area contributed by atoms with Crippen molar-refractivity contribution in [2.75, 3.05) is 32.1 Å². The van der Waals surface area contributed by atoms with Crippen LogP contribution in [0.25, 0.3) is 0 Å². The van der Waals surface area contributed by atoms with Crippen molar-refractivity contribution in [1.82, 2.24) is 4.31 Å². The molecule has 7 heteroatoms. The lowest BCUT2D eigenvalue weighted by atomic mass is 10.00. The maximum Gasteiger partial charge on any atom is 0.216 e. The van der Waals surface area contributed by atoms with Crippen molar-refractivity contribution in [3.8, 4) is 0 Å². The lowest BCUT2D eigenvalue weighted by Crippen LogP contribution is -2.44.